The first-order valence-electron chi connectivity index (χ1n) is 9.12. The third kappa shape index (κ3) is 4.25. The summed E-state index contributed by atoms with van der Waals surface area (Å²) >= 11 is 1.22. The maximum atomic E-state index is 12.3. The van der Waals surface area contributed by atoms with Gasteiger partial charge in [0.15, 0.2) is 0 Å². The monoisotopic (exact) mass is 416 g/mol. The Bertz CT molecular complexity index is 1010. The molecule has 0 saturated carbocycles. The molecule has 29 heavy (non-hydrogen) atoms. The number of imidazole rings is 1. The number of nitrogens with one attached hydrogen (secondary N) is 1. The molecule has 0 radical (unpaired) electrons. The van der Waals surface area contributed by atoms with Crippen LogP contribution in [0.25, 0.3) is 16.6 Å². The van der Waals surface area contributed by atoms with Crippen LogP contribution in [0.3, 0.4) is 0 Å². The Morgan fingerprint density at radius 3 is 3.07 bits per heavy atom. The van der Waals surface area contributed by atoms with Crippen LogP contribution in [0.4, 0.5) is 0 Å². The zero-order chi connectivity index (χ0) is 20.2. The lowest BCUT2D eigenvalue weighted by Gasteiger charge is -2.10. The van der Waals surface area contributed by atoms with E-state index in [2.05, 4.69) is 25.5 Å². The molecule has 3 heterocycles. The van der Waals surface area contributed by atoms with Gasteiger partial charge in [0.25, 0.3) is 0 Å². The van der Waals surface area contributed by atoms with Crippen molar-refractivity contribution in [2.24, 2.45) is 0 Å². The fraction of sp³-hybridized carbons (Fsp3) is 0.389. The molecule has 4 rings (SSSR count). The first-order valence-corrected chi connectivity index (χ1v) is 10.1. The smallest absolute Gasteiger partial charge is 0.345 e. The molecule has 0 unspecified atom stereocenters. The van der Waals surface area contributed by atoms with E-state index in [1.54, 1.807) is 4.68 Å². The van der Waals surface area contributed by atoms with Crippen molar-refractivity contribution in [1.82, 2.24) is 30.2 Å². The van der Waals surface area contributed by atoms with Crippen molar-refractivity contribution in [3.05, 3.63) is 35.8 Å². The number of carbonyl (C=O) groups is 1. The predicted molar refractivity (Wildman–Crippen MR) is 105 cm³/mol. The molecule has 1 fully saturated rings. The first kappa shape index (κ1) is 19.4. The number of aliphatic hydroxyl groups is 1. The Hall–Kier alpha value is -2.92. The molecule has 3 aromatic rings. The minimum atomic E-state index is -0.680. The minimum Gasteiger partial charge on any atom is -0.510 e. The van der Waals surface area contributed by atoms with E-state index < -0.39 is 5.97 Å². The van der Waals surface area contributed by atoms with E-state index in [0.29, 0.717) is 17.2 Å². The summed E-state index contributed by atoms with van der Waals surface area (Å²) in [7, 11) is 1.26. The Labute approximate surface area is 170 Å². The average Bonchev–Trinajstić information content (AvgIpc) is 3.47. The van der Waals surface area contributed by atoms with Gasteiger partial charge in [-0.1, -0.05) is 23.9 Å². The highest BCUT2D eigenvalue weighted by Crippen LogP contribution is 2.25. The molecule has 2 aromatic heterocycles. The van der Waals surface area contributed by atoms with Crippen molar-refractivity contribution >= 4 is 34.3 Å². The molecule has 0 bridgehead atoms. The van der Waals surface area contributed by atoms with Gasteiger partial charge in [0.05, 0.1) is 36.5 Å². The number of carbonyl (C=O) groups excluding carboxylic acids is 1. The number of para-hydroxylation sites is 2. The highest BCUT2D eigenvalue weighted by molar-refractivity contribution is 7.99. The zero-order valence-electron chi connectivity index (χ0n) is 15.7. The van der Waals surface area contributed by atoms with E-state index in [0.717, 1.165) is 25.0 Å². The van der Waals surface area contributed by atoms with Gasteiger partial charge in [-0.3, -0.25) is 0 Å². The van der Waals surface area contributed by atoms with E-state index in [9.17, 15) is 9.90 Å². The van der Waals surface area contributed by atoms with Gasteiger partial charge in [-0.25, -0.2) is 14.5 Å². The highest BCUT2D eigenvalue weighted by atomic mass is 32.2. The number of rotatable bonds is 7. The van der Waals surface area contributed by atoms with Crippen LogP contribution in [0.1, 0.15) is 18.7 Å². The molecule has 152 valence electrons. The average molecular weight is 416 g/mol. The number of aromatic amines is 1. The number of aliphatic hydroxyl groups excluding tert-OH is 1. The second-order valence-electron chi connectivity index (χ2n) is 6.48. The third-order valence-corrected chi connectivity index (χ3v) is 5.51. The standard InChI is InChI=1S/C18H20N6O4S/c1-27-17(26)15(16-19-12-6-2-3-7-13(12)20-16)14(25)10-29-18-21-22-23-24(18)9-11-5-4-8-28-11/h2-3,6-7,11,25H,4-5,8-10H2,1H3,(H,19,20)/t11-/m1/s1. The van der Waals surface area contributed by atoms with Gasteiger partial charge in [0.1, 0.15) is 17.2 Å². The number of ether oxygens (including phenoxy) is 2. The summed E-state index contributed by atoms with van der Waals surface area (Å²) in [5.41, 5.74) is 1.42. The van der Waals surface area contributed by atoms with E-state index in [-0.39, 0.29) is 29.0 Å². The van der Waals surface area contributed by atoms with Crippen LogP contribution < -0.4 is 0 Å². The number of hydrogen-bond donors (Lipinski definition) is 2. The Balaban J connectivity index is 1.55. The lowest BCUT2D eigenvalue weighted by molar-refractivity contribution is -0.133. The fourth-order valence-electron chi connectivity index (χ4n) is 3.13. The number of nitrogens with zero attached hydrogens (tertiary/aromatic N) is 5. The van der Waals surface area contributed by atoms with Crippen molar-refractivity contribution in [3.8, 4) is 0 Å². The summed E-state index contributed by atoms with van der Waals surface area (Å²) in [6.45, 7) is 1.30. The largest absolute Gasteiger partial charge is 0.510 e. The molecule has 1 aromatic carbocycles. The van der Waals surface area contributed by atoms with Crippen LogP contribution >= 0.6 is 11.8 Å². The molecule has 0 amide bonds. The molecule has 11 heteroatoms. The number of aromatic nitrogens is 6. The van der Waals surface area contributed by atoms with E-state index in [1.165, 1.54) is 18.9 Å². The maximum Gasteiger partial charge on any atom is 0.345 e. The van der Waals surface area contributed by atoms with Gasteiger partial charge in [0, 0.05) is 6.61 Å². The summed E-state index contributed by atoms with van der Waals surface area (Å²) in [5.74, 6) is -0.531. The van der Waals surface area contributed by atoms with Crippen molar-refractivity contribution in [3.63, 3.8) is 0 Å². The molecule has 0 spiro atoms. The zero-order valence-corrected chi connectivity index (χ0v) is 16.6. The number of fused-ring (bicyclic) bond motifs is 1. The quantitative estimate of drug-likeness (QED) is 0.257. The van der Waals surface area contributed by atoms with E-state index in [4.69, 9.17) is 9.47 Å². The Morgan fingerprint density at radius 2 is 2.31 bits per heavy atom. The number of methoxy groups -OCH3 is 1. The van der Waals surface area contributed by atoms with Crippen LogP contribution in [0.2, 0.25) is 0 Å². The van der Waals surface area contributed by atoms with Gasteiger partial charge in [-0.05, 0) is 35.4 Å². The molecule has 1 aliphatic rings. The SMILES string of the molecule is COC(=O)C(=C(O)CSc1nnnn1C[C@H]1CCCO1)c1nc2ccccc2[nH]1. The second-order valence-corrected chi connectivity index (χ2v) is 7.43. The van der Waals surface area contributed by atoms with Crippen molar-refractivity contribution in [2.45, 2.75) is 30.6 Å². The van der Waals surface area contributed by atoms with Crippen LogP contribution in [0, 0.1) is 0 Å². The molecule has 2 N–H and O–H groups in total. The predicted octanol–water partition coefficient (Wildman–Crippen LogP) is 1.96. The van der Waals surface area contributed by atoms with Crippen LogP contribution in [-0.4, -0.2) is 66.8 Å². The van der Waals surface area contributed by atoms with Crippen molar-refractivity contribution < 1.29 is 19.4 Å². The summed E-state index contributed by atoms with van der Waals surface area (Å²) in [6.07, 6.45) is 2.08. The first-order chi connectivity index (χ1) is 14.2. The number of esters is 1. The van der Waals surface area contributed by atoms with Crippen LogP contribution in [-0.2, 0) is 20.8 Å². The highest BCUT2D eigenvalue weighted by Gasteiger charge is 2.23. The number of hydrogen-bond acceptors (Lipinski definition) is 9. The van der Waals surface area contributed by atoms with Crippen molar-refractivity contribution in [1.29, 1.82) is 0 Å². The van der Waals surface area contributed by atoms with Gasteiger partial charge in [0.2, 0.25) is 5.16 Å². The number of H-pyrrole nitrogens is 1. The normalized spacial score (nSPS) is 17.5. The molecular formula is C18H20N6O4S. The summed E-state index contributed by atoms with van der Waals surface area (Å²) in [6, 6.07) is 7.36. The van der Waals surface area contributed by atoms with Crippen molar-refractivity contribution in [2.75, 3.05) is 19.5 Å². The number of tetrazole rings is 1. The Kier molecular flexibility index (Phi) is 5.76. The maximum absolute atomic E-state index is 12.3. The summed E-state index contributed by atoms with van der Waals surface area (Å²) < 4.78 is 12.1. The molecule has 10 nitrogen and oxygen atoms in total. The topological polar surface area (TPSA) is 128 Å². The number of benzene rings is 1. The van der Waals surface area contributed by atoms with Gasteiger partial charge < -0.3 is 19.6 Å². The molecule has 1 atom stereocenters. The second kappa shape index (κ2) is 8.62. The molecule has 0 aliphatic carbocycles. The third-order valence-electron chi connectivity index (χ3n) is 4.54. The molecular weight excluding hydrogens is 396 g/mol. The van der Waals surface area contributed by atoms with Crippen LogP contribution in [0.15, 0.2) is 35.2 Å². The summed E-state index contributed by atoms with van der Waals surface area (Å²) in [4.78, 5) is 19.7. The minimum absolute atomic E-state index is 0.0191. The van der Waals surface area contributed by atoms with Crippen LogP contribution in [0.5, 0.6) is 0 Å². The van der Waals surface area contributed by atoms with Gasteiger partial charge in [-0.15, -0.1) is 5.10 Å². The summed E-state index contributed by atoms with van der Waals surface area (Å²) in [5, 5.41) is 22.9. The van der Waals surface area contributed by atoms with Gasteiger partial charge in [-0.2, -0.15) is 0 Å². The Morgan fingerprint density at radius 1 is 1.45 bits per heavy atom. The molecule has 1 aliphatic heterocycles. The number of thioether (sulfide) groups is 1. The van der Waals surface area contributed by atoms with E-state index >= 15 is 0 Å². The van der Waals surface area contributed by atoms with E-state index in [1.807, 2.05) is 24.3 Å². The lowest BCUT2D eigenvalue weighted by Crippen LogP contribution is -2.17. The van der Waals surface area contributed by atoms with Gasteiger partial charge >= 0.3 is 5.97 Å². The molecule has 1 saturated heterocycles. The lowest BCUT2D eigenvalue weighted by atomic mass is 10.2. The fourth-order valence-corrected chi connectivity index (χ4v) is 3.89.